The topological polar surface area (TPSA) is 58.5 Å². The highest BCUT2D eigenvalue weighted by Gasteiger charge is 2.46. The van der Waals surface area contributed by atoms with Crippen molar-refractivity contribution in [2.75, 3.05) is 26.7 Å². The fourth-order valence-electron chi connectivity index (χ4n) is 4.81. The first-order valence-corrected chi connectivity index (χ1v) is 10.0. The maximum Gasteiger partial charge on any atom is 0.257 e. The second kappa shape index (κ2) is 7.18. The van der Waals surface area contributed by atoms with Crippen LogP contribution in [-0.4, -0.2) is 46.6 Å². The zero-order valence-corrected chi connectivity index (χ0v) is 16.3. The molecule has 1 unspecified atom stereocenters. The standard InChI is InChI=1S/C22H26N4O2/c1-25-16-22(8-10-26(11-9-22)14-17-7-12-27-15-17)13-19(25)20-23-21(28-24-20)18-5-3-2-4-6-18/h2-7,12,15,19H,8-11,13-14,16H2,1H3. The van der Waals surface area contributed by atoms with Crippen LogP contribution in [0.15, 0.2) is 57.9 Å². The molecule has 4 heterocycles. The lowest BCUT2D eigenvalue weighted by Gasteiger charge is -2.39. The summed E-state index contributed by atoms with van der Waals surface area (Å²) >= 11 is 0. The molecule has 146 valence electrons. The lowest BCUT2D eigenvalue weighted by atomic mass is 9.76. The van der Waals surface area contributed by atoms with E-state index in [1.165, 1.54) is 18.4 Å². The molecule has 2 saturated heterocycles. The van der Waals surface area contributed by atoms with Crippen molar-refractivity contribution in [1.82, 2.24) is 19.9 Å². The quantitative estimate of drug-likeness (QED) is 0.684. The summed E-state index contributed by atoms with van der Waals surface area (Å²) < 4.78 is 10.8. The molecule has 0 saturated carbocycles. The Bertz CT molecular complexity index is 898. The molecular weight excluding hydrogens is 352 g/mol. The summed E-state index contributed by atoms with van der Waals surface area (Å²) in [5.41, 5.74) is 2.60. The van der Waals surface area contributed by atoms with E-state index in [0.29, 0.717) is 11.3 Å². The minimum absolute atomic E-state index is 0.238. The summed E-state index contributed by atoms with van der Waals surface area (Å²) in [5.74, 6) is 1.43. The second-order valence-corrected chi connectivity index (χ2v) is 8.37. The molecule has 2 fully saturated rings. The summed E-state index contributed by atoms with van der Waals surface area (Å²) in [5, 5.41) is 4.32. The molecule has 1 atom stereocenters. The van der Waals surface area contributed by atoms with Crippen LogP contribution in [0.3, 0.4) is 0 Å². The molecule has 0 N–H and O–H groups in total. The number of furan rings is 1. The summed E-state index contributed by atoms with van der Waals surface area (Å²) in [6.07, 6.45) is 7.15. The lowest BCUT2D eigenvalue weighted by molar-refractivity contribution is 0.105. The maximum absolute atomic E-state index is 5.56. The summed E-state index contributed by atoms with van der Waals surface area (Å²) in [7, 11) is 2.19. The van der Waals surface area contributed by atoms with Gasteiger partial charge in [0.1, 0.15) is 0 Å². The molecule has 0 aliphatic carbocycles. The highest BCUT2D eigenvalue weighted by Crippen LogP contribution is 2.48. The molecular formula is C22H26N4O2. The van der Waals surface area contributed by atoms with Gasteiger partial charge in [0.2, 0.25) is 0 Å². The molecule has 6 heteroatoms. The highest BCUT2D eigenvalue weighted by atomic mass is 16.5. The van der Waals surface area contributed by atoms with Gasteiger partial charge in [-0.25, -0.2) is 0 Å². The Balaban J connectivity index is 1.25. The Kier molecular flexibility index (Phi) is 4.53. The first kappa shape index (κ1) is 17.6. The normalized spacial score (nSPS) is 22.8. The van der Waals surface area contributed by atoms with Gasteiger partial charge in [-0.1, -0.05) is 23.4 Å². The van der Waals surface area contributed by atoms with Crippen molar-refractivity contribution in [2.24, 2.45) is 5.41 Å². The number of aromatic nitrogens is 2. The number of benzene rings is 1. The fraction of sp³-hybridized carbons (Fsp3) is 0.455. The predicted octanol–water partition coefficient (Wildman–Crippen LogP) is 3.99. The van der Waals surface area contributed by atoms with Gasteiger partial charge in [0.15, 0.2) is 5.82 Å². The Labute approximate surface area is 165 Å². The SMILES string of the molecule is CN1CC2(CCN(Cc3ccoc3)CC2)CC1c1noc(-c2ccccc2)n1. The maximum atomic E-state index is 5.56. The van der Waals surface area contributed by atoms with Crippen LogP contribution >= 0.6 is 0 Å². The Morgan fingerprint density at radius 3 is 2.71 bits per heavy atom. The van der Waals surface area contributed by atoms with Crippen LogP contribution in [-0.2, 0) is 6.54 Å². The molecule has 1 aromatic carbocycles. The number of nitrogens with zero attached hydrogens (tertiary/aromatic N) is 4. The van der Waals surface area contributed by atoms with Crippen molar-refractivity contribution < 1.29 is 8.94 Å². The van der Waals surface area contributed by atoms with Gasteiger partial charge in [-0.15, -0.1) is 0 Å². The van der Waals surface area contributed by atoms with E-state index >= 15 is 0 Å². The van der Waals surface area contributed by atoms with E-state index < -0.39 is 0 Å². The number of rotatable bonds is 4. The molecule has 1 spiro atoms. The van der Waals surface area contributed by atoms with E-state index in [2.05, 4.69) is 28.1 Å². The summed E-state index contributed by atoms with van der Waals surface area (Å²) in [4.78, 5) is 9.66. The smallest absolute Gasteiger partial charge is 0.257 e. The zero-order valence-electron chi connectivity index (χ0n) is 16.3. The number of likely N-dealkylation sites (tertiary alicyclic amines) is 2. The van der Waals surface area contributed by atoms with Crippen LogP contribution in [0.25, 0.3) is 11.5 Å². The highest BCUT2D eigenvalue weighted by molar-refractivity contribution is 5.52. The van der Waals surface area contributed by atoms with Gasteiger partial charge >= 0.3 is 0 Å². The third-order valence-electron chi connectivity index (χ3n) is 6.41. The Morgan fingerprint density at radius 1 is 1.14 bits per heavy atom. The van der Waals surface area contributed by atoms with Crippen LogP contribution in [0.4, 0.5) is 0 Å². The zero-order chi connectivity index (χ0) is 19.0. The lowest BCUT2D eigenvalue weighted by Crippen LogP contribution is -2.40. The summed E-state index contributed by atoms with van der Waals surface area (Å²) in [6.45, 7) is 4.35. The molecule has 28 heavy (non-hydrogen) atoms. The van der Waals surface area contributed by atoms with Crippen molar-refractivity contribution >= 4 is 0 Å². The third-order valence-corrected chi connectivity index (χ3v) is 6.41. The van der Waals surface area contributed by atoms with Gasteiger partial charge in [0.25, 0.3) is 5.89 Å². The van der Waals surface area contributed by atoms with Gasteiger partial charge < -0.3 is 8.94 Å². The van der Waals surface area contributed by atoms with E-state index in [1.54, 1.807) is 6.26 Å². The molecule has 0 amide bonds. The average Bonchev–Trinajstić information content (AvgIpc) is 3.46. The van der Waals surface area contributed by atoms with Gasteiger partial charge in [-0.05, 0) is 63.0 Å². The largest absolute Gasteiger partial charge is 0.472 e. The number of hydrogen-bond donors (Lipinski definition) is 0. The minimum atomic E-state index is 0.238. The second-order valence-electron chi connectivity index (χ2n) is 8.37. The predicted molar refractivity (Wildman–Crippen MR) is 105 cm³/mol. The Hall–Kier alpha value is -2.44. The number of piperidine rings is 1. The number of hydrogen-bond acceptors (Lipinski definition) is 6. The molecule has 3 aromatic rings. The van der Waals surface area contributed by atoms with Gasteiger partial charge in [-0.2, -0.15) is 4.98 Å². The average molecular weight is 378 g/mol. The van der Waals surface area contributed by atoms with Crippen molar-refractivity contribution in [3.63, 3.8) is 0 Å². The Morgan fingerprint density at radius 2 is 1.96 bits per heavy atom. The molecule has 2 aliphatic heterocycles. The van der Waals surface area contributed by atoms with Gasteiger partial charge in [-0.3, -0.25) is 9.80 Å². The fourth-order valence-corrected chi connectivity index (χ4v) is 4.81. The first-order chi connectivity index (χ1) is 13.7. The van der Waals surface area contributed by atoms with Crippen molar-refractivity contribution in [3.05, 3.63) is 60.3 Å². The van der Waals surface area contributed by atoms with E-state index in [0.717, 1.165) is 44.0 Å². The molecule has 2 aliphatic rings. The van der Waals surface area contributed by atoms with E-state index in [4.69, 9.17) is 13.9 Å². The van der Waals surface area contributed by atoms with Crippen LogP contribution in [0.5, 0.6) is 0 Å². The molecule has 2 aromatic heterocycles. The van der Waals surface area contributed by atoms with E-state index in [-0.39, 0.29) is 6.04 Å². The van der Waals surface area contributed by atoms with E-state index in [1.807, 2.05) is 36.6 Å². The van der Waals surface area contributed by atoms with Gasteiger partial charge in [0.05, 0.1) is 18.6 Å². The molecule has 0 bridgehead atoms. The van der Waals surface area contributed by atoms with Gasteiger partial charge in [0, 0.05) is 24.2 Å². The van der Waals surface area contributed by atoms with Crippen molar-refractivity contribution in [1.29, 1.82) is 0 Å². The molecule has 6 nitrogen and oxygen atoms in total. The monoisotopic (exact) mass is 378 g/mol. The first-order valence-electron chi connectivity index (χ1n) is 10.0. The summed E-state index contributed by atoms with van der Waals surface area (Å²) in [6, 6.07) is 12.3. The van der Waals surface area contributed by atoms with Crippen molar-refractivity contribution in [3.8, 4) is 11.5 Å². The van der Waals surface area contributed by atoms with E-state index in [9.17, 15) is 0 Å². The third kappa shape index (κ3) is 3.38. The van der Waals surface area contributed by atoms with Crippen LogP contribution in [0, 0.1) is 5.41 Å². The minimum Gasteiger partial charge on any atom is -0.472 e. The van der Waals surface area contributed by atoms with Crippen molar-refractivity contribution in [2.45, 2.75) is 31.8 Å². The van der Waals surface area contributed by atoms with Crippen LogP contribution in [0.2, 0.25) is 0 Å². The van der Waals surface area contributed by atoms with Crippen LogP contribution < -0.4 is 0 Å². The molecule has 0 radical (unpaired) electrons. The van der Waals surface area contributed by atoms with Crippen LogP contribution in [0.1, 0.15) is 36.7 Å². The molecule has 5 rings (SSSR count).